The number of likely N-dealkylation sites (tertiary alicyclic amines) is 2. The van der Waals surface area contributed by atoms with Crippen LogP contribution in [0.3, 0.4) is 0 Å². The molecule has 2 amide bonds. The van der Waals surface area contributed by atoms with E-state index in [0.29, 0.717) is 29.6 Å². The molecular formula is C25H26ClF3N4O4. The van der Waals surface area contributed by atoms with E-state index in [2.05, 4.69) is 21.3 Å². The second-order valence-corrected chi connectivity index (χ2v) is 9.96. The summed E-state index contributed by atoms with van der Waals surface area (Å²) in [5, 5.41) is 11.0. The zero-order valence-electron chi connectivity index (χ0n) is 19.7. The molecule has 3 aliphatic heterocycles. The van der Waals surface area contributed by atoms with Gasteiger partial charge in [-0.2, -0.15) is 13.2 Å². The third kappa shape index (κ3) is 6.04. The summed E-state index contributed by atoms with van der Waals surface area (Å²) in [6, 6.07) is 11.1. The molecule has 8 nitrogen and oxygen atoms in total. The van der Waals surface area contributed by atoms with Crippen molar-refractivity contribution in [3.63, 3.8) is 0 Å². The summed E-state index contributed by atoms with van der Waals surface area (Å²) in [6.07, 6.45) is 0.187. The molecule has 0 saturated carbocycles. The van der Waals surface area contributed by atoms with Crippen molar-refractivity contribution in [2.75, 3.05) is 26.2 Å². The Balaban J connectivity index is 0.000000405. The van der Waals surface area contributed by atoms with Crippen LogP contribution < -0.4 is 5.32 Å². The quantitative estimate of drug-likeness (QED) is 0.622. The van der Waals surface area contributed by atoms with Gasteiger partial charge in [-0.1, -0.05) is 23.7 Å². The highest BCUT2D eigenvalue weighted by Gasteiger charge is 2.57. The predicted molar refractivity (Wildman–Crippen MR) is 128 cm³/mol. The number of hydrogen-bond acceptors (Lipinski definition) is 5. The fourth-order valence-corrected chi connectivity index (χ4v) is 5.62. The van der Waals surface area contributed by atoms with E-state index < -0.39 is 12.1 Å². The zero-order chi connectivity index (χ0) is 26.8. The highest BCUT2D eigenvalue weighted by molar-refractivity contribution is 6.30. The Hall–Kier alpha value is -3.18. The van der Waals surface area contributed by atoms with Crippen molar-refractivity contribution in [2.24, 2.45) is 11.8 Å². The van der Waals surface area contributed by atoms with Crippen molar-refractivity contribution in [3.05, 3.63) is 64.9 Å². The Morgan fingerprint density at radius 3 is 2.46 bits per heavy atom. The maximum Gasteiger partial charge on any atom is 0.490 e. The van der Waals surface area contributed by atoms with Crippen LogP contribution in [-0.2, 0) is 16.1 Å². The van der Waals surface area contributed by atoms with Crippen LogP contribution in [0.5, 0.6) is 0 Å². The lowest BCUT2D eigenvalue weighted by atomic mass is 9.75. The second kappa shape index (κ2) is 10.7. The van der Waals surface area contributed by atoms with E-state index in [4.69, 9.17) is 21.5 Å². The largest absolute Gasteiger partial charge is 0.490 e. The summed E-state index contributed by atoms with van der Waals surface area (Å²) in [5.41, 5.74) is 1.60. The number of carbonyl (C=O) groups excluding carboxylic acids is 2. The highest BCUT2D eigenvalue weighted by Crippen LogP contribution is 2.44. The number of nitrogens with zero attached hydrogens (tertiary/aromatic N) is 3. The molecule has 0 bridgehead atoms. The number of carbonyl (C=O) groups is 3. The van der Waals surface area contributed by atoms with E-state index in [1.807, 2.05) is 17.2 Å². The Bertz CT molecular complexity index is 1160. The van der Waals surface area contributed by atoms with Gasteiger partial charge in [-0.25, -0.2) is 4.79 Å². The number of piperidine rings is 1. The van der Waals surface area contributed by atoms with Crippen LogP contribution in [0.2, 0.25) is 5.02 Å². The van der Waals surface area contributed by atoms with E-state index in [1.165, 1.54) is 5.56 Å². The van der Waals surface area contributed by atoms with Crippen molar-refractivity contribution >= 4 is 29.4 Å². The topological polar surface area (TPSA) is 103 Å². The van der Waals surface area contributed by atoms with Gasteiger partial charge in [-0.3, -0.25) is 19.5 Å². The number of pyridine rings is 1. The van der Waals surface area contributed by atoms with Crippen LogP contribution >= 0.6 is 11.6 Å². The Labute approximate surface area is 216 Å². The molecule has 3 fully saturated rings. The van der Waals surface area contributed by atoms with E-state index in [1.54, 1.807) is 30.5 Å². The molecule has 37 heavy (non-hydrogen) atoms. The third-order valence-corrected chi connectivity index (χ3v) is 7.44. The molecule has 3 saturated heterocycles. The van der Waals surface area contributed by atoms with Gasteiger partial charge in [0, 0.05) is 67.2 Å². The number of alkyl halides is 3. The van der Waals surface area contributed by atoms with Gasteiger partial charge in [0.2, 0.25) is 5.91 Å². The standard InChI is InChI=1S/C23H25ClN4O2.C2HF3O2/c24-18-5-1-4-17(11-18)22(30)28-9-6-23(7-10-28)20-15-27(14-19(20)21(29)26-23)13-16-3-2-8-25-12-16;3-2(4,5)1(6)7/h1-5,8,11-12,19-20H,6-7,9-10,13-15H2,(H,26,29);(H,6,7)/t19-,20+;/m0./s1. The molecule has 1 aromatic heterocycles. The molecule has 0 aliphatic carbocycles. The van der Waals surface area contributed by atoms with Crippen molar-refractivity contribution < 1.29 is 32.7 Å². The molecule has 2 N–H and O–H groups in total. The van der Waals surface area contributed by atoms with E-state index in [0.717, 1.165) is 32.5 Å². The minimum absolute atomic E-state index is 0.0119. The second-order valence-electron chi connectivity index (χ2n) is 9.52. The van der Waals surface area contributed by atoms with Crippen LogP contribution in [0.4, 0.5) is 13.2 Å². The lowest BCUT2D eigenvalue weighted by molar-refractivity contribution is -0.192. The number of nitrogens with one attached hydrogen (secondary N) is 1. The number of halogens is 4. The molecule has 0 radical (unpaired) electrons. The van der Waals surface area contributed by atoms with Gasteiger partial charge in [0.05, 0.1) is 5.92 Å². The average molecular weight is 539 g/mol. The minimum atomic E-state index is -5.08. The van der Waals surface area contributed by atoms with Gasteiger partial charge < -0.3 is 15.3 Å². The molecule has 4 heterocycles. The van der Waals surface area contributed by atoms with Crippen LogP contribution in [0.1, 0.15) is 28.8 Å². The first-order chi connectivity index (χ1) is 17.5. The van der Waals surface area contributed by atoms with Crippen molar-refractivity contribution in [2.45, 2.75) is 31.1 Å². The molecule has 5 rings (SSSR count). The fourth-order valence-electron chi connectivity index (χ4n) is 5.43. The number of fused-ring (bicyclic) bond motifs is 2. The smallest absolute Gasteiger partial charge is 0.475 e. The first kappa shape index (κ1) is 26.9. The number of carboxylic acid groups (broad SMARTS) is 1. The molecule has 12 heteroatoms. The molecule has 1 spiro atoms. The number of aromatic nitrogens is 1. The van der Waals surface area contributed by atoms with Crippen molar-refractivity contribution in [3.8, 4) is 0 Å². The maximum absolute atomic E-state index is 12.9. The van der Waals surface area contributed by atoms with Crippen LogP contribution in [0.15, 0.2) is 48.8 Å². The lowest BCUT2D eigenvalue weighted by Crippen LogP contribution is -2.56. The monoisotopic (exact) mass is 538 g/mol. The lowest BCUT2D eigenvalue weighted by Gasteiger charge is -2.42. The van der Waals surface area contributed by atoms with E-state index in [9.17, 15) is 22.8 Å². The predicted octanol–water partition coefficient (Wildman–Crippen LogP) is 3.22. The Morgan fingerprint density at radius 1 is 1.16 bits per heavy atom. The average Bonchev–Trinajstić information content (AvgIpc) is 3.38. The Morgan fingerprint density at radius 2 is 1.86 bits per heavy atom. The van der Waals surface area contributed by atoms with Crippen LogP contribution in [-0.4, -0.2) is 75.6 Å². The van der Waals surface area contributed by atoms with Gasteiger partial charge in [-0.05, 0) is 42.7 Å². The number of benzene rings is 1. The maximum atomic E-state index is 12.9. The number of hydrogen-bond donors (Lipinski definition) is 2. The summed E-state index contributed by atoms with van der Waals surface area (Å²) in [6.45, 7) is 3.82. The van der Waals surface area contributed by atoms with Gasteiger partial charge in [0.1, 0.15) is 0 Å². The molecule has 1 aromatic carbocycles. The van der Waals surface area contributed by atoms with Gasteiger partial charge in [-0.15, -0.1) is 0 Å². The van der Waals surface area contributed by atoms with Crippen molar-refractivity contribution in [1.29, 1.82) is 0 Å². The zero-order valence-corrected chi connectivity index (χ0v) is 20.5. The summed E-state index contributed by atoms with van der Waals surface area (Å²) >= 11 is 6.05. The number of amides is 2. The first-order valence-electron chi connectivity index (χ1n) is 11.8. The van der Waals surface area contributed by atoms with Gasteiger partial charge in [0.15, 0.2) is 0 Å². The molecule has 198 valence electrons. The normalized spacial score (nSPS) is 22.7. The number of carboxylic acids is 1. The number of aliphatic carboxylic acids is 1. The Kier molecular flexibility index (Phi) is 7.75. The van der Waals surface area contributed by atoms with Crippen molar-refractivity contribution in [1.82, 2.24) is 20.1 Å². The summed E-state index contributed by atoms with van der Waals surface area (Å²) in [5.74, 6) is -2.24. The van der Waals surface area contributed by atoms with E-state index in [-0.39, 0.29) is 23.3 Å². The van der Waals surface area contributed by atoms with Gasteiger partial charge in [0.25, 0.3) is 5.91 Å². The molecule has 0 unspecified atom stereocenters. The minimum Gasteiger partial charge on any atom is -0.475 e. The summed E-state index contributed by atoms with van der Waals surface area (Å²) in [4.78, 5) is 43.0. The number of rotatable bonds is 3. The summed E-state index contributed by atoms with van der Waals surface area (Å²) in [7, 11) is 0. The third-order valence-electron chi connectivity index (χ3n) is 7.20. The van der Waals surface area contributed by atoms with E-state index >= 15 is 0 Å². The molecule has 2 aromatic rings. The first-order valence-corrected chi connectivity index (χ1v) is 12.1. The molecule has 3 aliphatic rings. The van der Waals surface area contributed by atoms with Gasteiger partial charge >= 0.3 is 12.1 Å². The van der Waals surface area contributed by atoms with Crippen LogP contribution in [0.25, 0.3) is 0 Å². The fraction of sp³-hybridized carbons (Fsp3) is 0.440. The highest BCUT2D eigenvalue weighted by atomic mass is 35.5. The SMILES string of the molecule is O=C(O)C(F)(F)F.O=C1NC2(CCN(C(=O)c3cccc(Cl)c3)CC2)[C@@H]2CN(Cc3cccnc3)C[C@H]12. The summed E-state index contributed by atoms with van der Waals surface area (Å²) < 4.78 is 31.7. The molecular weight excluding hydrogens is 513 g/mol. The van der Waals surface area contributed by atoms with Crippen LogP contribution in [0, 0.1) is 11.8 Å². The molecule has 2 atom stereocenters.